The van der Waals surface area contributed by atoms with Gasteiger partial charge in [-0.05, 0) is 36.4 Å². The van der Waals surface area contributed by atoms with Gasteiger partial charge in [0.05, 0.1) is 23.5 Å². The monoisotopic (exact) mass is 300 g/mol. The van der Waals surface area contributed by atoms with Crippen LogP contribution in [0.4, 0.5) is 5.69 Å². The maximum absolute atomic E-state index is 10.3. The Morgan fingerprint density at radius 1 is 1.19 bits per heavy atom. The van der Waals surface area contributed by atoms with Crippen LogP contribution in [0.15, 0.2) is 41.4 Å². The van der Waals surface area contributed by atoms with Gasteiger partial charge in [0.1, 0.15) is 16.8 Å². The van der Waals surface area contributed by atoms with Gasteiger partial charge in [0, 0.05) is 0 Å². The number of nitrogens with zero attached hydrogens (tertiary/aromatic N) is 4. The number of aliphatic imine (C=N–C) groups is 1. The van der Waals surface area contributed by atoms with Crippen LogP contribution in [0.5, 0.6) is 5.75 Å². The molecule has 0 amide bonds. The largest absolute Gasteiger partial charge is 0.495 e. The van der Waals surface area contributed by atoms with Crippen molar-refractivity contribution in [1.82, 2.24) is 15.0 Å². The number of benzene rings is 2. The fourth-order valence-electron chi connectivity index (χ4n) is 1.92. The van der Waals surface area contributed by atoms with Crippen LogP contribution in [-0.2, 0) is 4.79 Å². The summed E-state index contributed by atoms with van der Waals surface area (Å²) in [7, 11) is 1.55. The molecule has 1 aromatic heterocycles. The Hall–Kier alpha value is -2.69. The van der Waals surface area contributed by atoms with E-state index >= 15 is 0 Å². The minimum atomic E-state index is 0.475. The second-order valence-corrected chi connectivity index (χ2v) is 4.59. The molecular formula is C14H9ClN4O2. The van der Waals surface area contributed by atoms with Crippen molar-refractivity contribution in [3.8, 4) is 11.4 Å². The quantitative estimate of drug-likeness (QED) is 0.550. The maximum Gasteiger partial charge on any atom is 0.240 e. The molecule has 0 saturated heterocycles. The summed E-state index contributed by atoms with van der Waals surface area (Å²) in [6.07, 6.45) is 1.50. The van der Waals surface area contributed by atoms with Gasteiger partial charge in [0.25, 0.3) is 0 Å². The minimum Gasteiger partial charge on any atom is -0.495 e. The summed E-state index contributed by atoms with van der Waals surface area (Å²) in [5.74, 6) is 0.583. The number of hydrogen-bond acceptors (Lipinski definition) is 5. The summed E-state index contributed by atoms with van der Waals surface area (Å²) in [4.78, 5) is 15.3. The standard InChI is InChI=1S/C14H9ClN4O2/c1-21-14-5-3-10(7-11(14)15)19-17-12-4-2-9(16-8-20)6-13(12)18-19/h2-7H,1H3. The predicted octanol–water partition coefficient (Wildman–Crippen LogP) is 3.05. The van der Waals surface area contributed by atoms with Gasteiger partial charge in [0.2, 0.25) is 6.08 Å². The number of carbonyl (C=O) groups excluding carboxylic acids is 1. The molecule has 104 valence electrons. The van der Waals surface area contributed by atoms with E-state index in [-0.39, 0.29) is 0 Å². The Bertz CT molecular complexity index is 869. The number of aromatic nitrogens is 3. The second-order valence-electron chi connectivity index (χ2n) is 4.18. The first-order valence-electron chi connectivity index (χ1n) is 6.00. The highest BCUT2D eigenvalue weighted by molar-refractivity contribution is 6.32. The van der Waals surface area contributed by atoms with Crippen LogP contribution >= 0.6 is 11.6 Å². The van der Waals surface area contributed by atoms with Crippen LogP contribution in [0.2, 0.25) is 5.02 Å². The number of hydrogen-bond donors (Lipinski definition) is 0. The third-order valence-corrected chi connectivity index (χ3v) is 3.20. The highest BCUT2D eigenvalue weighted by Crippen LogP contribution is 2.27. The summed E-state index contributed by atoms with van der Waals surface area (Å²) in [6.45, 7) is 0. The van der Waals surface area contributed by atoms with Gasteiger partial charge in [-0.3, -0.25) is 0 Å². The smallest absolute Gasteiger partial charge is 0.240 e. The fraction of sp³-hybridized carbons (Fsp3) is 0.0714. The lowest BCUT2D eigenvalue weighted by atomic mass is 10.3. The molecule has 0 atom stereocenters. The van der Waals surface area contributed by atoms with E-state index in [2.05, 4.69) is 15.2 Å². The van der Waals surface area contributed by atoms with E-state index in [4.69, 9.17) is 16.3 Å². The number of methoxy groups -OCH3 is 1. The number of rotatable bonds is 3. The van der Waals surface area contributed by atoms with Gasteiger partial charge < -0.3 is 4.74 Å². The molecule has 0 aliphatic rings. The zero-order chi connectivity index (χ0) is 14.8. The number of halogens is 1. The summed E-state index contributed by atoms with van der Waals surface area (Å²) in [5.41, 5.74) is 2.50. The molecule has 7 heteroatoms. The van der Waals surface area contributed by atoms with Gasteiger partial charge in [-0.2, -0.15) is 9.79 Å². The second kappa shape index (κ2) is 5.36. The van der Waals surface area contributed by atoms with Crippen LogP contribution in [0.1, 0.15) is 0 Å². The Kier molecular flexibility index (Phi) is 3.39. The fourth-order valence-corrected chi connectivity index (χ4v) is 2.17. The molecule has 1 heterocycles. The molecule has 0 aliphatic carbocycles. The highest BCUT2D eigenvalue weighted by atomic mass is 35.5. The summed E-state index contributed by atoms with van der Waals surface area (Å²) in [6, 6.07) is 10.3. The lowest BCUT2D eigenvalue weighted by molar-refractivity contribution is 0.415. The molecule has 0 spiro atoms. The van der Waals surface area contributed by atoms with Gasteiger partial charge in [-0.25, -0.2) is 4.79 Å². The van der Waals surface area contributed by atoms with Crippen molar-refractivity contribution in [2.75, 3.05) is 7.11 Å². The van der Waals surface area contributed by atoms with Crippen LogP contribution in [0, 0.1) is 0 Å². The molecule has 0 unspecified atom stereocenters. The zero-order valence-corrected chi connectivity index (χ0v) is 11.7. The molecule has 0 bridgehead atoms. The highest BCUT2D eigenvalue weighted by Gasteiger charge is 2.08. The Labute approximate surface area is 124 Å². The van der Waals surface area contributed by atoms with E-state index in [0.717, 1.165) is 0 Å². The average molecular weight is 301 g/mol. The SMILES string of the molecule is COc1ccc(-n2nc3ccc(N=C=O)cc3n2)cc1Cl. The number of fused-ring (bicyclic) bond motifs is 1. The first kappa shape index (κ1) is 13.3. The third kappa shape index (κ3) is 2.50. The normalized spacial score (nSPS) is 10.4. The Morgan fingerprint density at radius 3 is 2.71 bits per heavy atom. The average Bonchev–Trinajstić information content (AvgIpc) is 2.90. The van der Waals surface area contributed by atoms with Crippen LogP contribution in [-0.4, -0.2) is 28.2 Å². The van der Waals surface area contributed by atoms with Crippen molar-refractivity contribution in [3.05, 3.63) is 41.4 Å². The summed E-state index contributed by atoms with van der Waals surface area (Å²) in [5, 5.41) is 9.16. The first-order chi connectivity index (χ1) is 10.2. The third-order valence-electron chi connectivity index (χ3n) is 2.90. The molecule has 0 saturated carbocycles. The van der Waals surface area contributed by atoms with E-state index in [0.29, 0.717) is 33.2 Å². The lowest BCUT2D eigenvalue weighted by Crippen LogP contribution is -1.98. The molecular weight excluding hydrogens is 292 g/mol. The zero-order valence-electron chi connectivity index (χ0n) is 10.9. The molecule has 3 aromatic rings. The van der Waals surface area contributed by atoms with Crippen molar-refractivity contribution in [2.45, 2.75) is 0 Å². The van der Waals surface area contributed by atoms with E-state index in [1.165, 1.54) is 10.9 Å². The molecule has 0 fully saturated rings. The van der Waals surface area contributed by atoms with E-state index in [9.17, 15) is 4.79 Å². The van der Waals surface area contributed by atoms with Crippen molar-refractivity contribution in [1.29, 1.82) is 0 Å². The first-order valence-corrected chi connectivity index (χ1v) is 6.38. The van der Waals surface area contributed by atoms with Gasteiger partial charge in [0.15, 0.2) is 0 Å². The minimum absolute atomic E-state index is 0.475. The molecule has 2 aromatic carbocycles. The number of isocyanates is 1. The molecule has 0 radical (unpaired) electrons. The van der Waals surface area contributed by atoms with Crippen molar-refractivity contribution >= 4 is 34.4 Å². The number of ether oxygens (including phenoxy) is 1. The van der Waals surface area contributed by atoms with E-state index < -0.39 is 0 Å². The summed E-state index contributed by atoms with van der Waals surface area (Å²) >= 11 is 6.09. The molecule has 0 aliphatic heterocycles. The predicted molar refractivity (Wildman–Crippen MR) is 78.2 cm³/mol. The Morgan fingerprint density at radius 2 is 2.00 bits per heavy atom. The van der Waals surface area contributed by atoms with Gasteiger partial charge in [-0.15, -0.1) is 10.2 Å². The van der Waals surface area contributed by atoms with Crippen molar-refractivity contribution in [3.63, 3.8) is 0 Å². The lowest BCUT2D eigenvalue weighted by Gasteiger charge is -2.04. The van der Waals surface area contributed by atoms with Crippen molar-refractivity contribution < 1.29 is 9.53 Å². The van der Waals surface area contributed by atoms with E-state index in [1.807, 2.05) is 0 Å². The van der Waals surface area contributed by atoms with Crippen LogP contribution in [0.3, 0.4) is 0 Å². The van der Waals surface area contributed by atoms with Crippen LogP contribution < -0.4 is 4.74 Å². The molecule has 3 rings (SSSR count). The van der Waals surface area contributed by atoms with E-state index in [1.54, 1.807) is 43.5 Å². The molecule has 21 heavy (non-hydrogen) atoms. The van der Waals surface area contributed by atoms with Gasteiger partial charge >= 0.3 is 0 Å². The molecule has 0 N–H and O–H groups in total. The maximum atomic E-state index is 10.3. The summed E-state index contributed by atoms with van der Waals surface area (Å²) < 4.78 is 5.11. The van der Waals surface area contributed by atoms with Crippen molar-refractivity contribution in [2.24, 2.45) is 4.99 Å². The van der Waals surface area contributed by atoms with Gasteiger partial charge in [-0.1, -0.05) is 11.6 Å². The van der Waals surface area contributed by atoms with Crippen LogP contribution in [0.25, 0.3) is 16.7 Å². The topological polar surface area (TPSA) is 69.4 Å². The Balaban J connectivity index is 2.08. The molecule has 6 nitrogen and oxygen atoms in total.